The van der Waals surface area contributed by atoms with Gasteiger partial charge in [0.2, 0.25) is 0 Å². The van der Waals surface area contributed by atoms with Crippen molar-refractivity contribution in [3.63, 3.8) is 0 Å². The Kier molecular flexibility index (Phi) is 2.62. The molecule has 0 bridgehead atoms. The number of nitrogens with zero attached hydrogens (tertiary/aromatic N) is 1. The third-order valence-corrected chi connectivity index (χ3v) is 2.55. The highest BCUT2D eigenvalue weighted by Crippen LogP contribution is 2.12. The summed E-state index contributed by atoms with van der Waals surface area (Å²) in [5.74, 6) is 0.331. The first kappa shape index (κ1) is 10.6. The Balaban J connectivity index is 2.69. The van der Waals surface area contributed by atoms with Crippen molar-refractivity contribution in [1.82, 2.24) is 9.55 Å². The number of benzene rings is 1. The number of hydrogen-bond donors (Lipinski definition) is 2. The minimum absolute atomic E-state index is 0.286. The molecule has 82 valence electrons. The Morgan fingerprint density at radius 2 is 1.94 bits per heavy atom. The van der Waals surface area contributed by atoms with E-state index in [1.165, 1.54) is 6.07 Å². The molecule has 0 spiro atoms. The number of H-pyrrole nitrogens is 1. The second kappa shape index (κ2) is 3.94. The minimum atomic E-state index is -0.286. The number of anilines is 1. The van der Waals surface area contributed by atoms with E-state index >= 15 is 0 Å². The molecule has 1 aromatic heterocycles. The minimum Gasteiger partial charge on any atom is -0.385 e. The van der Waals surface area contributed by atoms with Crippen molar-refractivity contribution < 1.29 is 0 Å². The van der Waals surface area contributed by atoms with Gasteiger partial charge in [0.05, 0.1) is 0 Å². The molecule has 1 heterocycles. The molecule has 0 fully saturated rings. The number of nitrogen functional groups attached to an aromatic ring is 1. The zero-order valence-corrected chi connectivity index (χ0v) is 9.54. The molecule has 3 N–H and O–H groups in total. The summed E-state index contributed by atoms with van der Waals surface area (Å²) in [5.41, 5.74) is 7.47. The van der Waals surface area contributed by atoms with E-state index in [9.17, 15) is 4.79 Å². The zero-order valence-electron chi connectivity index (χ0n) is 8.73. The third-order valence-electron chi connectivity index (χ3n) is 2.26. The van der Waals surface area contributed by atoms with Crippen LogP contribution in [0.1, 0.15) is 5.56 Å². The summed E-state index contributed by atoms with van der Waals surface area (Å²) >= 11 is 5.07. The second-order valence-corrected chi connectivity index (χ2v) is 3.92. The molecular weight excluding hydrogens is 222 g/mol. The smallest absolute Gasteiger partial charge is 0.253 e. The van der Waals surface area contributed by atoms with Crippen LogP contribution in [-0.4, -0.2) is 9.55 Å². The summed E-state index contributed by atoms with van der Waals surface area (Å²) in [6.45, 7) is 2.00. The van der Waals surface area contributed by atoms with Crippen LogP contribution in [0.2, 0.25) is 0 Å². The van der Waals surface area contributed by atoms with Crippen molar-refractivity contribution in [2.45, 2.75) is 6.92 Å². The Labute approximate surface area is 97.4 Å². The van der Waals surface area contributed by atoms with Crippen LogP contribution >= 0.6 is 12.2 Å². The molecule has 2 rings (SSSR count). The molecule has 4 nitrogen and oxygen atoms in total. The van der Waals surface area contributed by atoms with Gasteiger partial charge in [0.15, 0.2) is 4.77 Å². The van der Waals surface area contributed by atoms with Crippen LogP contribution in [0.4, 0.5) is 5.82 Å². The number of rotatable bonds is 1. The predicted octanol–water partition coefficient (Wildman–Crippen LogP) is 1.79. The van der Waals surface area contributed by atoms with Crippen LogP contribution in [0.3, 0.4) is 0 Å². The van der Waals surface area contributed by atoms with Gasteiger partial charge in [-0.25, -0.2) is 0 Å². The highest BCUT2D eigenvalue weighted by molar-refractivity contribution is 7.71. The van der Waals surface area contributed by atoms with Gasteiger partial charge in [-0.3, -0.25) is 14.3 Å². The SMILES string of the molecule is Cc1ccc(-n2c(N)cc(=O)[nH]c2=S)cc1. The number of hydrogen-bond acceptors (Lipinski definition) is 3. The molecule has 1 aromatic carbocycles. The highest BCUT2D eigenvalue weighted by Gasteiger charge is 2.02. The van der Waals surface area contributed by atoms with E-state index in [0.29, 0.717) is 10.6 Å². The molecule has 16 heavy (non-hydrogen) atoms. The Hall–Kier alpha value is -1.88. The van der Waals surface area contributed by atoms with Gasteiger partial charge in [-0.1, -0.05) is 17.7 Å². The van der Waals surface area contributed by atoms with E-state index in [-0.39, 0.29) is 5.56 Å². The van der Waals surface area contributed by atoms with Crippen LogP contribution < -0.4 is 11.3 Å². The van der Waals surface area contributed by atoms with Crippen molar-refractivity contribution in [3.8, 4) is 5.69 Å². The van der Waals surface area contributed by atoms with Gasteiger partial charge in [0.1, 0.15) is 5.82 Å². The van der Waals surface area contributed by atoms with Gasteiger partial charge >= 0.3 is 0 Å². The van der Waals surface area contributed by atoms with Gasteiger partial charge in [0, 0.05) is 11.8 Å². The number of nitrogens with two attached hydrogens (primary N) is 1. The maximum atomic E-state index is 11.1. The van der Waals surface area contributed by atoms with Gasteiger partial charge in [-0.05, 0) is 31.3 Å². The van der Waals surface area contributed by atoms with E-state index in [1.807, 2.05) is 31.2 Å². The molecule has 0 unspecified atom stereocenters. The summed E-state index contributed by atoms with van der Waals surface area (Å²) in [4.78, 5) is 13.7. The zero-order chi connectivity index (χ0) is 11.7. The Bertz CT molecular complexity index is 625. The summed E-state index contributed by atoms with van der Waals surface area (Å²) in [7, 11) is 0. The van der Waals surface area contributed by atoms with E-state index in [4.69, 9.17) is 18.0 Å². The second-order valence-electron chi connectivity index (χ2n) is 3.53. The van der Waals surface area contributed by atoms with E-state index in [1.54, 1.807) is 4.57 Å². The summed E-state index contributed by atoms with van der Waals surface area (Å²) in [6, 6.07) is 9.04. The average Bonchev–Trinajstić information content (AvgIpc) is 2.19. The quantitative estimate of drug-likeness (QED) is 0.738. The molecular formula is C11H11N3OS. The van der Waals surface area contributed by atoms with Crippen molar-refractivity contribution in [2.75, 3.05) is 5.73 Å². The first-order valence-electron chi connectivity index (χ1n) is 4.77. The van der Waals surface area contributed by atoms with Gasteiger partial charge in [0.25, 0.3) is 5.56 Å². The van der Waals surface area contributed by atoms with Gasteiger partial charge in [-0.15, -0.1) is 0 Å². The number of aromatic nitrogens is 2. The highest BCUT2D eigenvalue weighted by atomic mass is 32.1. The van der Waals surface area contributed by atoms with Gasteiger partial charge in [-0.2, -0.15) is 0 Å². The third kappa shape index (κ3) is 1.90. The fourth-order valence-electron chi connectivity index (χ4n) is 1.47. The Morgan fingerprint density at radius 1 is 1.31 bits per heavy atom. The molecule has 0 amide bonds. The first-order valence-corrected chi connectivity index (χ1v) is 5.17. The lowest BCUT2D eigenvalue weighted by molar-refractivity contribution is 0.950. The maximum absolute atomic E-state index is 11.1. The average molecular weight is 233 g/mol. The molecule has 0 aliphatic rings. The summed E-state index contributed by atoms with van der Waals surface area (Å²) in [6.07, 6.45) is 0. The van der Waals surface area contributed by atoms with Crippen LogP contribution in [0, 0.1) is 11.7 Å². The molecule has 0 saturated heterocycles. The molecule has 0 aliphatic heterocycles. The monoisotopic (exact) mass is 233 g/mol. The molecule has 2 aromatic rings. The predicted molar refractivity (Wildman–Crippen MR) is 66.4 cm³/mol. The van der Waals surface area contributed by atoms with Gasteiger partial charge < -0.3 is 5.73 Å². The number of aromatic amines is 1. The lowest BCUT2D eigenvalue weighted by atomic mass is 10.2. The van der Waals surface area contributed by atoms with Crippen LogP contribution in [-0.2, 0) is 0 Å². The standard InChI is InChI=1S/C11H11N3OS/c1-7-2-4-8(5-3-7)14-9(12)6-10(15)13-11(14)16/h2-6H,12H2,1H3,(H,13,15,16). The Morgan fingerprint density at radius 3 is 2.50 bits per heavy atom. The normalized spacial score (nSPS) is 10.3. The number of aryl methyl sites for hydroxylation is 1. The van der Waals surface area contributed by atoms with Crippen LogP contribution in [0.5, 0.6) is 0 Å². The maximum Gasteiger partial charge on any atom is 0.253 e. The van der Waals surface area contributed by atoms with E-state index in [2.05, 4.69) is 4.98 Å². The molecule has 0 radical (unpaired) electrons. The van der Waals surface area contributed by atoms with Crippen molar-refractivity contribution >= 4 is 18.0 Å². The van der Waals surface area contributed by atoms with Crippen molar-refractivity contribution in [3.05, 3.63) is 51.0 Å². The molecule has 0 saturated carbocycles. The van der Waals surface area contributed by atoms with E-state index < -0.39 is 0 Å². The molecule has 5 heteroatoms. The summed E-state index contributed by atoms with van der Waals surface area (Å²) < 4.78 is 1.92. The molecule has 0 atom stereocenters. The van der Waals surface area contributed by atoms with Crippen LogP contribution in [0.25, 0.3) is 5.69 Å². The fraction of sp³-hybridized carbons (Fsp3) is 0.0909. The summed E-state index contributed by atoms with van der Waals surface area (Å²) in [5, 5.41) is 0. The van der Waals surface area contributed by atoms with Crippen LogP contribution in [0.15, 0.2) is 35.1 Å². The topological polar surface area (TPSA) is 63.8 Å². The lowest BCUT2D eigenvalue weighted by Crippen LogP contribution is -2.14. The number of nitrogens with one attached hydrogen (secondary N) is 1. The lowest BCUT2D eigenvalue weighted by Gasteiger charge is -2.09. The van der Waals surface area contributed by atoms with Crippen molar-refractivity contribution in [1.29, 1.82) is 0 Å². The van der Waals surface area contributed by atoms with E-state index in [0.717, 1.165) is 11.3 Å². The first-order chi connectivity index (χ1) is 7.58. The van der Waals surface area contributed by atoms with Crippen molar-refractivity contribution in [2.24, 2.45) is 0 Å². The molecule has 0 aliphatic carbocycles. The fourth-order valence-corrected chi connectivity index (χ4v) is 1.79. The largest absolute Gasteiger partial charge is 0.385 e.